The van der Waals surface area contributed by atoms with E-state index >= 15 is 0 Å². The number of pyridine rings is 1. The Labute approximate surface area is 232 Å². The molecule has 6 heteroatoms. The minimum Gasteiger partial charge on any atom is -0.336 e. The van der Waals surface area contributed by atoms with Gasteiger partial charge < -0.3 is 4.98 Å². The summed E-state index contributed by atoms with van der Waals surface area (Å²) < 4.78 is 0. The van der Waals surface area contributed by atoms with E-state index in [4.69, 9.17) is 28.2 Å². The fourth-order valence-corrected chi connectivity index (χ4v) is 6.32. The van der Waals surface area contributed by atoms with Crippen LogP contribution in [0.1, 0.15) is 48.3 Å². The standard InChI is InChI=1S/C31H27Cl2N3S/c1-20(2)29-31(37-25-18-23(32)17-24(33)19-25)36-30(35-29)28(16-21-12-14-34-15-13-21)27-11-7-6-10-26(27)22-8-4-3-5-9-22/h3-15,17-20,28H,16H2,1-2H3,(H,35,36). The lowest BCUT2D eigenvalue weighted by Crippen LogP contribution is -2.09. The largest absolute Gasteiger partial charge is 0.336 e. The maximum absolute atomic E-state index is 6.29. The molecular weight excluding hydrogens is 517 g/mol. The lowest BCUT2D eigenvalue weighted by molar-refractivity contribution is 0.740. The molecule has 0 saturated carbocycles. The molecule has 5 rings (SSSR count). The summed E-state index contributed by atoms with van der Waals surface area (Å²) in [6.07, 6.45) is 4.49. The average Bonchev–Trinajstić information content (AvgIpc) is 3.31. The van der Waals surface area contributed by atoms with Crippen LogP contribution in [0.15, 0.2) is 107 Å². The molecule has 0 amide bonds. The molecule has 5 aromatic rings. The number of imidazole rings is 1. The topological polar surface area (TPSA) is 41.6 Å². The zero-order valence-corrected chi connectivity index (χ0v) is 23.0. The summed E-state index contributed by atoms with van der Waals surface area (Å²) >= 11 is 14.2. The van der Waals surface area contributed by atoms with Gasteiger partial charge in [-0.15, -0.1) is 0 Å². The molecular formula is C31H27Cl2N3S. The quantitative estimate of drug-likeness (QED) is 0.212. The smallest absolute Gasteiger partial charge is 0.115 e. The second-order valence-corrected chi connectivity index (χ2v) is 11.2. The molecule has 0 radical (unpaired) electrons. The number of hydrogen-bond acceptors (Lipinski definition) is 3. The van der Waals surface area contributed by atoms with Crippen molar-refractivity contribution in [3.8, 4) is 11.1 Å². The van der Waals surface area contributed by atoms with Crippen LogP contribution in [0.25, 0.3) is 11.1 Å². The number of halogens is 2. The third kappa shape index (κ3) is 6.10. The Bertz CT molecular complexity index is 1460. The van der Waals surface area contributed by atoms with Crippen molar-refractivity contribution < 1.29 is 0 Å². The van der Waals surface area contributed by atoms with Crippen LogP contribution < -0.4 is 0 Å². The third-order valence-corrected chi connectivity index (χ3v) is 7.68. The van der Waals surface area contributed by atoms with E-state index in [2.05, 4.69) is 84.5 Å². The molecule has 37 heavy (non-hydrogen) atoms. The summed E-state index contributed by atoms with van der Waals surface area (Å²) in [4.78, 5) is 14.1. The first-order valence-electron chi connectivity index (χ1n) is 12.2. The minimum atomic E-state index is 0.0219. The number of H-pyrrole nitrogens is 1. The molecule has 2 heterocycles. The van der Waals surface area contributed by atoms with E-state index < -0.39 is 0 Å². The van der Waals surface area contributed by atoms with Gasteiger partial charge in [0, 0.05) is 33.3 Å². The van der Waals surface area contributed by atoms with Gasteiger partial charge in [0.2, 0.25) is 0 Å². The van der Waals surface area contributed by atoms with Crippen molar-refractivity contribution in [2.45, 2.75) is 42.0 Å². The van der Waals surface area contributed by atoms with E-state index in [0.717, 1.165) is 27.9 Å². The van der Waals surface area contributed by atoms with E-state index in [9.17, 15) is 0 Å². The molecule has 186 valence electrons. The highest BCUT2D eigenvalue weighted by Gasteiger charge is 2.25. The number of nitrogens with one attached hydrogen (secondary N) is 1. The van der Waals surface area contributed by atoms with E-state index in [1.54, 1.807) is 17.8 Å². The van der Waals surface area contributed by atoms with Gasteiger partial charge in [0.15, 0.2) is 0 Å². The molecule has 1 N–H and O–H groups in total. The van der Waals surface area contributed by atoms with Gasteiger partial charge in [0.05, 0.1) is 5.69 Å². The van der Waals surface area contributed by atoms with Gasteiger partial charge in [-0.2, -0.15) is 0 Å². The van der Waals surface area contributed by atoms with Crippen LogP contribution in [0.5, 0.6) is 0 Å². The van der Waals surface area contributed by atoms with Crippen LogP contribution in [0.2, 0.25) is 10.0 Å². The van der Waals surface area contributed by atoms with E-state index in [1.165, 1.54) is 22.3 Å². The summed E-state index contributed by atoms with van der Waals surface area (Å²) in [5.74, 6) is 1.21. The number of hydrogen-bond donors (Lipinski definition) is 1. The molecule has 0 aliphatic heterocycles. The van der Waals surface area contributed by atoms with Crippen molar-refractivity contribution in [1.82, 2.24) is 15.0 Å². The Morgan fingerprint density at radius 3 is 2.22 bits per heavy atom. The third-order valence-electron chi connectivity index (χ3n) is 6.26. The minimum absolute atomic E-state index is 0.0219. The first-order valence-corrected chi connectivity index (χ1v) is 13.8. The van der Waals surface area contributed by atoms with Crippen LogP contribution in [0, 0.1) is 0 Å². The summed E-state index contributed by atoms with van der Waals surface area (Å²) in [7, 11) is 0. The molecule has 3 aromatic carbocycles. The van der Waals surface area contributed by atoms with Crippen molar-refractivity contribution in [3.63, 3.8) is 0 Å². The van der Waals surface area contributed by atoms with Gasteiger partial charge in [-0.1, -0.05) is 103 Å². The molecule has 2 aromatic heterocycles. The molecule has 0 aliphatic rings. The van der Waals surface area contributed by atoms with Gasteiger partial charge in [0.25, 0.3) is 0 Å². The highest BCUT2D eigenvalue weighted by atomic mass is 35.5. The second kappa shape index (κ2) is 11.6. The van der Waals surface area contributed by atoms with E-state index in [-0.39, 0.29) is 11.8 Å². The lowest BCUT2D eigenvalue weighted by Gasteiger charge is -2.19. The molecule has 0 spiro atoms. The lowest BCUT2D eigenvalue weighted by atomic mass is 9.86. The molecule has 1 unspecified atom stereocenters. The fourth-order valence-electron chi connectivity index (χ4n) is 4.52. The first kappa shape index (κ1) is 25.6. The van der Waals surface area contributed by atoms with Crippen molar-refractivity contribution in [2.75, 3.05) is 0 Å². The number of nitrogens with zero attached hydrogens (tertiary/aromatic N) is 2. The Morgan fingerprint density at radius 2 is 1.51 bits per heavy atom. The van der Waals surface area contributed by atoms with Crippen molar-refractivity contribution in [3.05, 3.63) is 130 Å². The number of aromatic nitrogens is 3. The summed E-state index contributed by atoms with van der Waals surface area (Å²) in [5, 5.41) is 2.25. The van der Waals surface area contributed by atoms with Crippen molar-refractivity contribution in [2.24, 2.45) is 0 Å². The van der Waals surface area contributed by atoms with Gasteiger partial charge in [-0.05, 0) is 64.9 Å². The Morgan fingerprint density at radius 1 is 0.838 bits per heavy atom. The van der Waals surface area contributed by atoms with Gasteiger partial charge in [0.1, 0.15) is 10.9 Å². The molecule has 0 fully saturated rings. The van der Waals surface area contributed by atoms with Crippen LogP contribution in [0.3, 0.4) is 0 Å². The van der Waals surface area contributed by atoms with Crippen LogP contribution in [0.4, 0.5) is 0 Å². The van der Waals surface area contributed by atoms with Crippen molar-refractivity contribution in [1.29, 1.82) is 0 Å². The predicted octanol–water partition coefficient (Wildman–Crippen LogP) is 9.43. The van der Waals surface area contributed by atoms with Gasteiger partial charge >= 0.3 is 0 Å². The maximum atomic E-state index is 6.29. The maximum Gasteiger partial charge on any atom is 0.115 e. The summed E-state index contributed by atoms with van der Waals surface area (Å²) in [5.41, 5.74) is 5.88. The predicted molar refractivity (Wildman–Crippen MR) is 155 cm³/mol. The monoisotopic (exact) mass is 543 g/mol. The van der Waals surface area contributed by atoms with E-state index in [1.807, 2.05) is 30.6 Å². The highest BCUT2D eigenvalue weighted by Crippen LogP contribution is 2.39. The van der Waals surface area contributed by atoms with Crippen LogP contribution in [-0.2, 0) is 6.42 Å². The highest BCUT2D eigenvalue weighted by molar-refractivity contribution is 7.99. The number of aromatic amines is 1. The van der Waals surface area contributed by atoms with Crippen molar-refractivity contribution >= 4 is 35.0 Å². The normalized spacial score (nSPS) is 12.1. The molecule has 1 atom stereocenters. The van der Waals surface area contributed by atoms with Crippen LogP contribution in [-0.4, -0.2) is 15.0 Å². The van der Waals surface area contributed by atoms with Gasteiger partial charge in [-0.3, -0.25) is 4.98 Å². The van der Waals surface area contributed by atoms with Crippen LogP contribution >= 0.6 is 35.0 Å². The fraction of sp³-hybridized carbons (Fsp3) is 0.161. The summed E-state index contributed by atoms with van der Waals surface area (Å²) in [6, 6.07) is 28.9. The Hall–Kier alpha value is -3.05. The zero-order chi connectivity index (χ0) is 25.8. The molecule has 0 saturated heterocycles. The molecule has 3 nitrogen and oxygen atoms in total. The zero-order valence-electron chi connectivity index (χ0n) is 20.7. The number of benzene rings is 3. The second-order valence-electron chi connectivity index (χ2n) is 9.26. The first-order chi connectivity index (χ1) is 18.0. The Balaban J connectivity index is 1.62. The van der Waals surface area contributed by atoms with Gasteiger partial charge in [-0.25, -0.2) is 4.98 Å². The summed E-state index contributed by atoms with van der Waals surface area (Å²) in [6.45, 7) is 4.34. The average molecular weight is 545 g/mol. The SMILES string of the molecule is CC(C)c1nc(C(Cc2ccncc2)c2ccccc2-c2ccccc2)[nH]c1Sc1cc(Cl)cc(Cl)c1. The molecule has 0 bridgehead atoms. The Kier molecular flexibility index (Phi) is 7.99. The molecule has 0 aliphatic carbocycles. The van der Waals surface area contributed by atoms with E-state index in [0.29, 0.717) is 10.0 Å². The number of rotatable bonds is 8.